The van der Waals surface area contributed by atoms with E-state index in [1.165, 1.54) is 36.4 Å². The van der Waals surface area contributed by atoms with Gasteiger partial charge in [0, 0.05) is 0 Å². The van der Waals surface area contributed by atoms with Crippen molar-refractivity contribution < 1.29 is 29.6 Å². The van der Waals surface area contributed by atoms with E-state index < -0.39 is 28.3 Å². The van der Waals surface area contributed by atoms with Crippen LogP contribution in [0.5, 0.6) is 5.75 Å². The molecule has 0 aliphatic carbocycles. The molecule has 1 N–H and O–H groups in total. The monoisotopic (exact) mass is 425 g/mol. The van der Waals surface area contributed by atoms with Gasteiger partial charge in [0.2, 0.25) is 11.2 Å². The molecule has 0 spiro atoms. The van der Waals surface area contributed by atoms with Gasteiger partial charge in [0.05, 0.1) is 4.90 Å². The van der Waals surface area contributed by atoms with Crippen molar-refractivity contribution in [3.05, 3.63) is 59.7 Å². The van der Waals surface area contributed by atoms with E-state index in [9.17, 15) is 24.8 Å². The van der Waals surface area contributed by atoms with Gasteiger partial charge in [-0.3, -0.25) is 0 Å². The number of rotatable bonds is 9. The average molecular weight is 425 g/mol. The lowest BCUT2D eigenvalue weighted by Gasteiger charge is -2.22. The fourth-order valence-electron chi connectivity index (χ4n) is 2.51. The summed E-state index contributed by atoms with van der Waals surface area (Å²) in [5.74, 6) is 0.337. The first-order valence-electron chi connectivity index (χ1n) is 8.65. The molecular weight excluding hydrogens is 404 g/mol. The van der Waals surface area contributed by atoms with Crippen molar-refractivity contribution >= 4 is 11.2 Å². The van der Waals surface area contributed by atoms with Gasteiger partial charge >= 0.3 is 6.18 Å². The molecule has 0 aliphatic rings. The molecule has 0 amide bonds. The second kappa shape index (κ2) is 9.56. The molecule has 0 saturated carbocycles. The number of alkyl halides is 3. The quantitative estimate of drug-likeness (QED) is 0.343. The summed E-state index contributed by atoms with van der Waals surface area (Å²) in [6.45, 7) is 2.17. The van der Waals surface area contributed by atoms with Gasteiger partial charge in [-0.25, -0.2) is 0 Å². The Labute approximate surface area is 162 Å². The topological polar surface area (TPSA) is 21.3 Å². The van der Waals surface area contributed by atoms with E-state index in [2.05, 4.69) is 5.32 Å². The number of hydrogen-bond acceptors (Lipinski definition) is 2. The highest BCUT2D eigenvalue weighted by Gasteiger charge is 2.40. The second-order valence-electron chi connectivity index (χ2n) is 6.19. The SMILES string of the molecule is CCCCNC(c1ccc(OCc2ccc(S(F)(F)F)cc2)cc1)C(F)(F)F. The Kier molecular flexibility index (Phi) is 7.65. The number of hydrogen-bond donors (Lipinski definition) is 1. The van der Waals surface area contributed by atoms with Crippen LogP contribution in [-0.4, -0.2) is 12.7 Å². The van der Waals surface area contributed by atoms with Crippen molar-refractivity contribution in [2.75, 3.05) is 6.54 Å². The highest BCUT2D eigenvalue weighted by Crippen LogP contribution is 2.60. The number of halogens is 6. The highest BCUT2D eigenvalue weighted by molar-refractivity contribution is 8.20. The third kappa shape index (κ3) is 6.63. The first kappa shape index (κ1) is 22.4. The third-order valence-electron chi connectivity index (χ3n) is 4.02. The normalized spacial score (nSPS) is 14.0. The molecule has 9 heteroatoms. The van der Waals surface area contributed by atoms with E-state index in [1.807, 2.05) is 6.92 Å². The van der Waals surface area contributed by atoms with Crippen LogP contribution >= 0.6 is 11.2 Å². The van der Waals surface area contributed by atoms with E-state index in [-0.39, 0.29) is 18.7 Å². The van der Waals surface area contributed by atoms with Gasteiger partial charge in [-0.05, 0) is 48.4 Å². The molecule has 0 saturated heterocycles. The maximum atomic E-state index is 13.2. The molecule has 0 aliphatic heterocycles. The number of unbranched alkanes of at least 4 members (excludes halogenated alkanes) is 1. The van der Waals surface area contributed by atoms with Crippen LogP contribution in [0.3, 0.4) is 0 Å². The standard InChI is InChI=1S/C19H21F6NOS/c1-2-3-12-26-18(19(20,21)22)15-6-8-16(9-7-15)27-13-14-4-10-17(11-5-14)28(23,24)25/h4-11,18,26H,2-3,12-13H2,1H3. The molecule has 2 aromatic rings. The van der Waals surface area contributed by atoms with Gasteiger partial charge < -0.3 is 10.1 Å². The van der Waals surface area contributed by atoms with Crippen LogP contribution in [0.1, 0.15) is 36.9 Å². The Morgan fingerprint density at radius 3 is 2.07 bits per heavy atom. The molecule has 0 fully saturated rings. The second-order valence-corrected chi connectivity index (χ2v) is 7.47. The zero-order chi connectivity index (χ0) is 20.8. The van der Waals surface area contributed by atoms with Crippen LogP contribution in [0.4, 0.5) is 24.8 Å². The highest BCUT2D eigenvalue weighted by atomic mass is 32.3. The van der Waals surface area contributed by atoms with Gasteiger partial charge in [0.25, 0.3) is 0 Å². The van der Waals surface area contributed by atoms with Crippen LogP contribution in [0, 0.1) is 0 Å². The van der Waals surface area contributed by atoms with Gasteiger partial charge in [-0.2, -0.15) is 13.2 Å². The fraction of sp³-hybridized carbons (Fsp3) is 0.368. The van der Waals surface area contributed by atoms with E-state index in [0.29, 0.717) is 17.7 Å². The van der Waals surface area contributed by atoms with Gasteiger partial charge in [-0.15, -0.1) is 11.7 Å². The molecule has 156 valence electrons. The Balaban J connectivity index is 1.99. The van der Waals surface area contributed by atoms with Gasteiger partial charge in [-0.1, -0.05) is 37.6 Å². The molecule has 0 aromatic heterocycles. The first-order chi connectivity index (χ1) is 13.1. The molecule has 2 nitrogen and oxygen atoms in total. The lowest BCUT2D eigenvalue weighted by molar-refractivity contribution is -0.157. The third-order valence-corrected chi connectivity index (χ3v) is 4.82. The minimum Gasteiger partial charge on any atom is -0.489 e. The summed E-state index contributed by atoms with van der Waals surface area (Å²) in [7, 11) is 0. The maximum absolute atomic E-state index is 13.2. The van der Waals surface area contributed by atoms with E-state index >= 15 is 0 Å². The summed E-state index contributed by atoms with van der Waals surface area (Å²) >= 11 is -5.26. The van der Waals surface area contributed by atoms with E-state index in [0.717, 1.165) is 18.6 Å². The Hall–Kier alpha value is -1.87. The van der Waals surface area contributed by atoms with Crippen molar-refractivity contribution in [2.24, 2.45) is 0 Å². The van der Waals surface area contributed by atoms with Crippen LogP contribution in [-0.2, 0) is 6.61 Å². The molecular formula is C19H21F6NOS. The Morgan fingerprint density at radius 2 is 1.57 bits per heavy atom. The first-order valence-corrected chi connectivity index (χ1v) is 9.98. The Morgan fingerprint density at radius 1 is 0.964 bits per heavy atom. The largest absolute Gasteiger partial charge is 0.489 e. The van der Waals surface area contributed by atoms with Crippen LogP contribution in [0.15, 0.2) is 53.4 Å². The van der Waals surface area contributed by atoms with Crippen molar-refractivity contribution in [2.45, 2.75) is 43.5 Å². The van der Waals surface area contributed by atoms with E-state index in [1.54, 1.807) is 0 Å². The summed E-state index contributed by atoms with van der Waals surface area (Å²) in [6.07, 6.45) is -2.99. The van der Waals surface area contributed by atoms with Crippen molar-refractivity contribution in [1.29, 1.82) is 0 Å². The molecule has 2 aromatic carbocycles. The summed E-state index contributed by atoms with van der Waals surface area (Å²) < 4.78 is 83.1. The smallest absolute Gasteiger partial charge is 0.407 e. The van der Waals surface area contributed by atoms with Crippen LogP contribution in [0.25, 0.3) is 0 Å². The number of ether oxygens (including phenoxy) is 1. The molecule has 0 heterocycles. The molecule has 28 heavy (non-hydrogen) atoms. The summed E-state index contributed by atoms with van der Waals surface area (Å²) in [4.78, 5) is -0.672. The van der Waals surface area contributed by atoms with Crippen molar-refractivity contribution in [3.63, 3.8) is 0 Å². The predicted molar refractivity (Wildman–Crippen MR) is 98.1 cm³/mol. The molecule has 1 atom stereocenters. The van der Waals surface area contributed by atoms with Crippen molar-refractivity contribution in [1.82, 2.24) is 5.32 Å². The summed E-state index contributed by atoms with van der Waals surface area (Å²) in [6, 6.07) is 8.38. The van der Waals surface area contributed by atoms with Crippen LogP contribution in [0.2, 0.25) is 0 Å². The lowest BCUT2D eigenvalue weighted by atomic mass is 10.1. The average Bonchev–Trinajstić information content (AvgIpc) is 2.63. The minimum atomic E-state index is -5.26. The number of nitrogens with one attached hydrogen (secondary N) is 1. The fourth-order valence-corrected chi connectivity index (χ4v) is 2.95. The summed E-state index contributed by atoms with van der Waals surface area (Å²) in [5.41, 5.74) is 0.610. The Bertz CT molecular complexity index is 728. The molecule has 2 rings (SSSR count). The summed E-state index contributed by atoms with van der Waals surface area (Å²) in [5, 5.41) is 2.52. The molecule has 0 bridgehead atoms. The molecule has 1 unspecified atom stereocenters. The predicted octanol–water partition coefficient (Wildman–Crippen LogP) is 7.08. The van der Waals surface area contributed by atoms with E-state index in [4.69, 9.17) is 4.74 Å². The van der Waals surface area contributed by atoms with Gasteiger partial charge in [0.15, 0.2) is 0 Å². The van der Waals surface area contributed by atoms with Gasteiger partial charge in [0.1, 0.15) is 18.4 Å². The maximum Gasteiger partial charge on any atom is 0.407 e. The van der Waals surface area contributed by atoms with Crippen molar-refractivity contribution in [3.8, 4) is 5.75 Å². The minimum absolute atomic E-state index is 0.0181. The van der Waals surface area contributed by atoms with Crippen LogP contribution < -0.4 is 10.1 Å². The zero-order valence-corrected chi connectivity index (χ0v) is 15.9. The number of benzene rings is 2. The lowest BCUT2D eigenvalue weighted by Crippen LogP contribution is -2.34. The zero-order valence-electron chi connectivity index (χ0n) is 15.1. The molecule has 0 radical (unpaired) electrons.